The SMILES string of the molecule is Cn1nc(-c2cnc3c(n2)c(C(=O)NC2CCCN(S(C)(=O)=O)C2)cn3COCC[Si](C)(C)C)c2ccc(Cl)cc21. The first-order valence-electron chi connectivity index (χ1n) is 13.6. The second-order valence-corrected chi connectivity index (χ2v) is 19.9. The molecule has 4 heterocycles. The fourth-order valence-electron chi connectivity index (χ4n) is 5.02. The molecule has 220 valence electrons. The van der Waals surface area contributed by atoms with Gasteiger partial charge in [0.1, 0.15) is 23.6 Å². The van der Waals surface area contributed by atoms with Gasteiger partial charge in [-0.05, 0) is 37.1 Å². The van der Waals surface area contributed by atoms with Gasteiger partial charge in [0.25, 0.3) is 5.91 Å². The number of amides is 1. The third kappa shape index (κ3) is 6.64. The van der Waals surface area contributed by atoms with E-state index >= 15 is 0 Å². The van der Waals surface area contributed by atoms with E-state index in [4.69, 9.17) is 26.3 Å². The molecule has 14 heteroatoms. The van der Waals surface area contributed by atoms with Crippen LogP contribution in [0.15, 0.2) is 30.6 Å². The summed E-state index contributed by atoms with van der Waals surface area (Å²) in [7, 11) is -2.77. The predicted octanol–water partition coefficient (Wildman–Crippen LogP) is 4.10. The lowest BCUT2D eigenvalue weighted by atomic mass is 10.1. The molecule has 0 spiro atoms. The van der Waals surface area contributed by atoms with E-state index in [1.807, 2.05) is 19.2 Å². The van der Waals surface area contributed by atoms with Crippen LogP contribution in [0.5, 0.6) is 0 Å². The second-order valence-electron chi connectivity index (χ2n) is 11.9. The van der Waals surface area contributed by atoms with Gasteiger partial charge in [-0.1, -0.05) is 31.2 Å². The van der Waals surface area contributed by atoms with Crippen molar-refractivity contribution in [2.45, 2.75) is 51.3 Å². The van der Waals surface area contributed by atoms with Crippen molar-refractivity contribution in [1.82, 2.24) is 33.9 Å². The Morgan fingerprint density at radius 2 is 2.05 bits per heavy atom. The summed E-state index contributed by atoms with van der Waals surface area (Å²) in [6.45, 7) is 8.43. The minimum absolute atomic E-state index is 0.235. The van der Waals surface area contributed by atoms with Crippen LogP contribution in [-0.2, 0) is 28.5 Å². The molecular formula is C27H36ClN7O4SSi. The molecule has 1 N–H and O–H groups in total. The van der Waals surface area contributed by atoms with Gasteiger partial charge in [0.05, 0.1) is 23.5 Å². The molecule has 0 aliphatic carbocycles. The number of hydrogen-bond acceptors (Lipinski definition) is 7. The van der Waals surface area contributed by atoms with Crippen molar-refractivity contribution in [3.05, 3.63) is 41.2 Å². The van der Waals surface area contributed by atoms with Gasteiger partial charge in [0.15, 0.2) is 5.65 Å². The minimum atomic E-state index is -3.34. The van der Waals surface area contributed by atoms with Crippen molar-refractivity contribution in [3.8, 4) is 11.4 Å². The number of sulfonamides is 1. The van der Waals surface area contributed by atoms with Crippen LogP contribution in [0.3, 0.4) is 0 Å². The van der Waals surface area contributed by atoms with E-state index in [9.17, 15) is 13.2 Å². The van der Waals surface area contributed by atoms with Gasteiger partial charge in [-0.15, -0.1) is 0 Å². The van der Waals surface area contributed by atoms with Crippen LogP contribution in [-0.4, -0.2) is 83.0 Å². The summed E-state index contributed by atoms with van der Waals surface area (Å²) in [5.74, 6) is -0.333. The van der Waals surface area contributed by atoms with E-state index in [1.165, 1.54) is 10.6 Å². The number of benzene rings is 1. The van der Waals surface area contributed by atoms with E-state index in [-0.39, 0.29) is 25.2 Å². The van der Waals surface area contributed by atoms with Crippen LogP contribution in [0.2, 0.25) is 30.7 Å². The Hall–Kier alpha value is -2.84. The minimum Gasteiger partial charge on any atom is -0.361 e. The van der Waals surface area contributed by atoms with Crippen LogP contribution in [0.4, 0.5) is 0 Å². The predicted molar refractivity (Wildman–Crippen MR) is 163 cm³/mol. The van der Waals surface area contributed by atoms with E-state index < -0.39 is 18.1 Å². The van der Waals surface area contributed by atoms with Gasteiger partial charge in [-0.25, -0.2) is 22.7 Å². The number of nitrogens with one attached hydrogen (secondary N) is 1. The summed E-state index contributed by atoms with van der Waals surface area (Å²) in [5.41, 5.74) is 3.32. The third-order valence-corrected chi connectivity index (χ3v) is 10.5. The van der Waals surface area contributed by atoms with E-state index in [0.29, 0.717) is 59.1 Å². The van der Waals surface area contributed by atoms with Crippen molar-refractivity contribution >= 4 is 57.7 Å². The maximum atomic E-state index is 13.6. The molecule has 1 aromatic carbocycles. The van der Waals surface area contributed by atoms with Gasteiger partial charge < -0.3 is 14.6 Å². The molecular weight excluding hydrogens is 582 g/mol. The lowest BCUT2D eigenvalue weighted by Gasteiger charge is -2.31. The summed E-state index contributed by atoms with van der Waals surface area (Å²) < 4.78 is 35.1. The van der Waals surface area contributed by atoms with Crippen LogP contribution >= 0.6 is 11.6 Å². The topological polar surface area (TPSA) is 124 Å². The Morgan fingerprint density at radius 1 is 1.27 bits per heavy atom. The number of carbonyl (C=O) groups excluding carboxylic acids is 1. The standard InChI is InChI=1S/C27H36ClN7O4SSi/c1-33-23-13-18(28)8-9-20(23)24(32-33)22-14-29-26-25(31-22)21(16-34(26)17-39-11-12-41(3,4)5)27(36)30-19-7-6-10-35(15-19)40(2,37)38/h8-9,13-14,16,19H,6-7,10-12,15,17H2,1-5H3,(H,30,36). The molecule has 1 amide bonds. The molecule has 3 aromatic heterocycles. The molecule has 0 radical (unpaired) electrons. The summed E-state index contributed by atoms with van der Waals surface area (Å²) >= 11 is 6.21. The van der Waals surface area contributed by atoms with Gasteiger partial charge in [0.2, 0.25) is 10.0 Å². The highest BCUT2D eigenvalue weighted by molar-refractivity contribution is 7.88. The molecule has 1 aliphatic heterocycles. The number of piperidine rings is 1. The van der Waals surface area contributed by atoms with Crippen molar-refractivity contribution in [3.63, 3.8) is 0 Å². The number of hydrogen-bond donors (Lipinski definition) is 1. The number of halogens is 1. The summed E-state index contributed by atoms with van der Waals surface area (Å²) in [6, 6.07) is 6.25. The van der Waals surface area contributed by atoms with Crippen molar-refractivity contribution < 1.29 is 17.9 Å². The molecule has 1 saturated heterocycles. The number of aromatic nitrogens is 5. The molecule has 1 aliphatic rings. The molecule has 1 atom stereocenters. The average Bonchev–Trinajstić information content (AvgIpc) is 3.43. The molecule has 41 heavy (non-hydrogen) atoms. The largest absolute Gasteiger partial charge is 0.361 e. The maximum Gasteiger partial charge on any atom is 0.255 e. The Balaban J connectivity index is 1.49. The van der Waals surface area contributed by atoms with Crippen LogP contribution in [0.25, 0.3) is 33.5 Å². The quantitative estimate of drug-likeness (QED) is 0.221. The number of aryl methyl sites for hydroxylation is 1. The van der Waals surface area contributed by atoms with Crippen LogP contribution < -0.4 is 5.32 Å². The van der Waals surface area contributed by atoms with Crippen LogP contribution in [0.1, 0.15) is 23.2 Å². The Labute approximate surface area is 245 Å². The molecule has 4 aromatic rings. The highest BCUT2D eigenvalue weighted by atomic mass is 35.5. The monoisotopic (exact) mass is 617 g/mol. The summed E-state index contributed by atoms with van der Waals surface area (Å²) in [5, 5.41) is 9.17. The molecule has 1 unspecified atom stereocenters. The van der Waals surface area contributed by atoms with E-state index in [2.05, 4.69) is 30.1 Å². The summed E-state index contributed by atoms with van der Waals surface area (Å²) in [6.07, 6.45) is 5.93. The van der Waals surface area contributed by atoms with Crippen molar-refractivity contribution in [2.75, 3.05) is 26.0 Å². The molecule has 0 bridgehead atoms. The van der Waals surface area contributed by atoms with E-state index in [1.54, 1.807) is 27.7 Å². The Kier molecular flexibility index (Phi) is 8.27. The smallest absolute Gasteiger partial charge is 0.255 e. The van der Waals surface area contributed by atoms with Gasteiger partial charge in [-0.3, -0.25) is 9.48 Å². The van der Waals surface area contributed by atoms with Gasteiger partial charge in [0, 0.05) is 57.5 Å². The van der Waals surface area contributed by atoms with Crippen molar-refractivity contribution in [1.29, 1.82) is 0 Å². The molecule has 0 saturated carbocycles. The number of nitrogens with zero attached hydrogens (tertiary/aromatic N) is 6. The van der Waals surface area contributed by atoms with Gasteiger partial charge >= 0.3 is 0 Å². The molecule has 5 rings (SSSR count). The number of ether oxygens (including phenoxy) is 1. The molecule has 11 nitrogen and oxygen atoms in total. The lowest BCUT2D eigenvalue weighted by molar-refractivity contribution is 0.0886. The first-order valence-corrected chi connectivity index (χ1v) is 19.6. The van der Waals surface area contributed by atoms with Crippen LogP contribution in [0, 0.1) is 0 Å². The zero-order chi connectivity index (χ0) is 29.5. The zero-order valence-corrected chi connectivity index (χ0v) is 26.6. The first kappa shape index (κ1) is 29.6. The number of carbonyl (C=O) groups is 1. The first-order chi connectivity index (χ1) is 19.3. The van der Waals surface area contributed by atoms with Gasteiger partial charge in [-0.2, -0.15) is 5.10 Å². The average molecular weight is 618 g/mol. The normalized spacial score (nSPS) is 17.0. The Morgan fingerprint density at radius 3 is 2.78 bits per heavy atom. The number of fused-ring (bicyclic) bond motifs is 2. The Bertz CT molecular complexity index is 1710. The fourth-order valence-corrected chi connectivity index (χ4v) is 6.85. The van der Waals surface area contributed by atoms with Crippen molar-refractivity contribution in [2.24, 2.45) is 7.05 Å². The highest BCUT2D eigenvalue weighted by Crippen LogP contribution is 2.30. The third-order valence-electron chi connectivity index (χ3n) is 7.28. The highest BCUT2D eigenvalue weighted by Gasteiger charge is 2.28. The van der Waals surface area contributed by atoms with E-state index in [0.717, 1.165) is 16.9 Å². The maximum absolute atomic E-state index is 13.6. The lowest BCUT2D eigenvalue weighted by Crippen LogP contribution is -2.49. The number of rotatable bonds is 9. The fraction of sp³-hybridized carbons (Fsp3) is 0.481. The second kappa shape index (κ2) is 11.4. The summed E-state index contributed by atoms with van der Waals surface area (Å²) in [4.78, 5) is 23.2. The zero-order valence-electron chi connectivity index (χ0n) is 24.0. The molecule has 1 fully saturated rings.